The van der Waals surface area contributed by atoms with Crippen molar-refractivity contribution < 1.29 is 14.6 Å². The summed E-state index contributed by atoms with van der Waals surface area (Å²) in [6, 6.07) is 10.9. The van der Waals surface area contributed by atoms with Gasteiger partial charge in [0.25, 0.3) is 0 Å². The second-order valence-corrected chi connectivity index (χ2v) is 7.42. The van der Waals surface area contributed by atoms with Crippen LogP contribution in [0.25, 0.3) is 0 Å². The van der Waals surface area contributed by atoms with Crippen molar-refractivity contribution in [2.75, 3.05) is 0 Å². The molecule has 0 amide bonds. The second-order valence-electron chi connectivity index (χ2n) is 5.65. The standard InChI is InChI=1S/C18H19Br2NO3/c1-11(2)24-17-14(7-15(19)8-16(17)20)10-21-9-12-3-5-13(6-4-12)18(22)23/h3-8,11,21H,9-10H2,1-2H3,(H,22,23). The number of nitrogens with one attached hydrogen (secondary N) is 1. The summed E-state index contributed by atoms with van der Waals surface area (Å²) in [4.78, 5) is 10.9. The van der Waals surface area contributed by atoms with E-state index in [1.807, 2.05) is 38.1 Å². The molecule has 6 heteroatoms. The first-order chi connectivity index (χ1) is 11.4. The molecule has 0 aliphatic carbocycles. The SMILES string of the molecule is CC(C)Oc1c(Br)cc(Br)cc1CNCc1ccc(C(=O)O)cc1. The number of aromatic carboxylic acids is 1. The summed E-state index contributed by atoms with van der Waals surface area (Å²) in [6.07, 6.45) is 0.0878. The molecule has 4 nitrogen and oxygen atoms in total. The maximum atomic E-state index is 10.9. The molecule has 2 aromatic rings. The Morgan fingerprint density at radius 2 is 1.83 bits per heavy atom. The summed E-state index contributed by atoms with van der Waals surface area (Å²) >= 11 is 7.05. The van der Waals surface area contributed by atoms with E-state index in [1.165, 1.54) is 0 Å². The number of carboxylic acid groups (broad SMARTS) is 1. The van der Waals surface area contributed by atoms with Crippen LogP contribution in [0.15, 0.2) is 45.3 Å². The van der Waals surface area contributed by atoms with E-state index in [0.717, 1.165) is 25.8 Å². The molecule has 0 heterocycles. The van der Waals surface area contributed by atoms with Gasteiger partial charge in [0.05, 0.1) is 16.1 Å². The molecule has 0 aliphatic rings. The average molecular weight is 457 g/mol. The lowest BCUT2D eigenvalue weighted by molar-refractivity contribution is 0.0697. The van der Waals surface area contributed by atoms with Crippen molar-refractivity contribution in [3.63, 3.8) is 0 Å². The fourth-order valence-corrected chi connectivity index (χ4v) is 3.63. The summed E-state index contributed by atoms with van der Waals surface area (Å²) in [5.41, 5.74) is 2.37. The molecule has 24 heavy (non-hydrogen) atoms. The van der Waals surface area contributed by atoms with Gasteiger partial charge in [-0.25, -0.2) is 4.79 Å². The van der Waals surface area contributed by atoms with Gasteiger partial charge in [-0.15, -0.1) is 0 Å². The number of rotatable bonds is 7. The number of halogens is 2. The van der Waals surface area contributed by atoms with Crippen molar-refractivity contribution in [1.82, 2.24) is 5.32 Å². The Bertz CT molecular complexity index is 715. The quantitative estimate of drug-likeness (QED) is 0.616. The Hall–Kier alpha value is -1.37. The highest BCUT2D eigenvalue weighted by Gasteiger charge is 2.12. The second kappa shape index (κ2) is 8.65. The molecule has 0 atom stereocenters. The van der Waals surface area contributed by atoms with Gasteiger partial charge in [-0.3, -0.25) is 0 Å². The van der Waals surface area contributed by atoms with Crippen LogP contribution >= 0.6 is 31.9 Å². The van der Waals surface area contributed by atoms with Gasteiger partial charge in [0.15, 0.2) is 0 Å². The molecule has 2 rings (SSSR count). The van der Waals surface area contributed by atoms with Gasteiger partial charge < -0.3 is 15.2 Å². The number of ether oxygens (including phenoxy) is 1. The zero-order chi connectivity index (χ0) is 17.7. The predicted molar refractivity (Wildman–Crippen MR) is 102 cm³/mol. The summed E-state index contributed by atoms with van der Waals surface area (Å²) in [7, 11) is 0. The molecule has 0 unspecified atom stereocenters. The molecule has 2 aromatic carbocycles. The summed E-state index contributed by atoms with van der Waals surface area (Å²) in [5.74, 6) is -0.0779. The summed E-state index contributed by atoms with van der Waals surface area (Å²) in [5, 5.41) is 12.3. The van der Waals surface area contributed by atoms with E-state index in [0.29, 0.717) is 18.7 Å². The number of carbonyl (C=O) groups is 1. The molecule has 0 fully saturated rings. The smallest absolute Gasteiger partial charge is 0.335 e. The van der Waals surface area contributed by atoms with Crippen LogP contribution in [-0.4, -0.2) is 17.2 Å². The van der Waals surface area contributed by atoms with Crippen LogP contribution in [0.2, 0.25) is 0 Å². The topological polar surface area (TPSA) is 58.6 Å². The summed E-state index contributed by atoms with van der Waals surface area (Å²) < 4.78 is 7.79. The van der Waals surface area contributed by atoms with Crippen LogP contribution in [0.4, 0.5) is 0 Å². The van der Waals surface area contributed by atoms with Crippen LogP contribution in [-0.2, 0) is 13.1 Å². The molecule has 0 aliphatic heterocycles. The molecular weight excluding hydrogens is 438 g/mol. The van der Waals surface area contributed by atoms with Gasteiger partial charge in [0.1, 0.15) is 5.75 Å². The minimum Gasteiger partial charge on any atom is -0.489 e. The lowest BCUT2D eigenvalue weighted by Gasteiger charge is -2.17. The highest BCUT2D eigenvalue weighted by molar-refractivity contribution is 9.11. The normalized spacial score (nSPS) is 10.9. The van der Waals surface area contributed by atoms with E-state index < -0.39 is 5.97 Å². The van der Waals surface area contributed by atoms with Gasteiger partial charge >= 0.3 is 5.97 Å². The highest BCUT2D eigenvalue weighted by atomic mass is 79.9. The van der Waals surface area contributed by atoms with Crippen LogP contribution in [0.1, 0.15) is 35.3 Å². The molecule has 0 spiro atoms. The van der Waals surface area contributed by atoms with E-state index in [2.05, 4.69) is 37.2 Å². The van der Waals surface area contributed by atoms with Crippen molar-refractivity contribution in [2.24, 2.45) is 0 Å². The molecule has 0 aromatic heterocycles. The first kappa shape index (κ1) is 19.0. The largest absolute Gasteiger partial charge is 0.489 e. The van der Waals surface area contributed by atoms with Crippen molar-refractivity contribution in [2.45, 2.75) is 33.0 Å². The van der Waals surface area contributed by atoms with Gasteiger partial charge in [-0.1, -0.05) is 28.1 Å². The van der Waals surface area contributed by atoms with E-state index >= 15 is 0 Å². The van der Waals surface area contributed by atoms with Crippen LogP contribution in [0, 0.1) is 0 Å². The minimum atomic E-state index is -0.913. The zero-order valence-corrected chi connectivity index (χ0v) is 16.6. The third-order valence-electron chi connectivity index (χ3n) is 3.28. The fourth-order valence-electron chi connectivity index (χ4n) is 2.22. The first-order valence-electron chi connectivity index (χ1n) is 7.54. The predicted octanol–water partition coefficient (Wildman–Crippen LogP) is 4.99. The number of hydrogen-bond donors (Lipinski definition) is 2. The zero-order valence-electron chi connectivity index (χ0n) is 13.5. The highest BCUT2D eigenvalue weighted by Crippen LogP contribution is 2.33. The minimum absolute atomic E-state index is 0.0878. The Balaban J connectivity index is 2.04. The van der Waals surface area contributed by atoms with Gasteiger partial charge in [-0.05, 0) is 59.6 Å². The molecule has 128 valence electrons. The molecule has 0 bridgehead atoms. The molecular formula is C18H19Br2NO3. The van der Waals surface area contributed by atoms with Crippen LogP contribution in [0.3, 0.4) is 0 Å². The van der Waals surface area contributed by atoms with Gasteiger partial charge in [-0.2, -0.15) is 0 Å². The molecule has 0 radical (unpaired) electrons. The van der Waals surface area contributed by atoms with Crippen molar-refractivity contribution in [1.29, 1.82) is 0 Å². The maximum absolute atomic E-state index is 10.9. The Morgan fingerprint density at radius 1 is 1.17 bits per heavy atom. The molecule has 0 saturated heterocycles. The van der Waals surface area contributed by atoms with Gasteiger partial charge in [0, 0.05) is 23.1 Å². The third kappa shape index (κ3) is 5.33. The third-order valence-corrected chi connectivity index (χ3v) is 4.33. The Labute approximate surface area is 158 Å². The molecule has 0 saturated carbocycles. The van der Waals surface area contributed by atoms with Crippen molar-refractivity contribution in [3.05, 3.63) is 62.0 Å². The number of hydrogen-bond acceptors (Lipinski definition) is 3. The van der Waals surface area contributed by atoms with E-state index in [4.69, 9.17) is 9.84 Å². The lowest BCUT2D eigenvalue weighted by Crippen LogP contribution is -2.15. The lowest BCUT2D eigenvalue weighted by atomic mass is 10.1. The van der Waals surface area contributed by atoms with Gasteiger partial charge in [0.2, 0.25) is 0 Å². The molecule has 2 N–H and O–H groups in total. The van der Waals surface area contributed by atoms with Crippen molar-refractivity contribution >= 4 is 37.8 Å². The van der Waals surface area contributed by atoms with Crippen LogP contribution < -0.4 is 10.1 Å². The first-order valence-corrected chi connectivity index (χ1v) is 9.13. The summed E-state index contributed by atoms with van der Waals surface area (Å²) in [6.45, 7) is 5.28. The van der Waals surface area contributed by atoms with E-state index in [9.17, 15) is 4.79 Å². The monoisotopic (exact) mass is 455 g/mol. The fraction of sp³-hybridized carbons (Fsp3) is 0.278. The van der Waals surface area contributed by atoms with E-state index in [-0.39, 0.29) is 6.10 Å². The average Bonchev–Trinajstić information content (AvgIpc) is 2.51. The van der Waals surface area contributed by atoms with Crippen LogP contribution in [0.5, 0.6) is 5.75 Å². The maximum Gasteiger partial charge on any atom is 0.335 e. The Morgan fingerprint density at radius 3 is 2.42 bits per heavy atom. The number of carboxylic acids is 1. The number of benzene rings is 2. The van der Waals surface area contributed by atoms with E-state index in [1.54, 1.807) is 12.1 Å². The Kier molecular flexibility index (Phi) is 6.83. The van der Waals surface area contributed by atoms with Crippen molar-refractivity contribution in [3.8, 4) is 5.75 Å².